The van der Waals surface area contributed by atoms with E-state index in [-0.39, 0.29) is 18.9 Å². The van der Waals surface area contributed by atoms with Crippen LogP contribution in [0.1, 0.15) is 31.2 Å². The Balaban J connectivity index is 1.68. The van der Waals surface area contributed by atoms with Gasteiger partial charge in [0.25, 0.3) is 0 Å². The van der Waals surface area contributed by atoms with Gasteiger partial charge >= 0.3 is 10.2 Å². The molecule has 2 fully saturated rings. The number of halogens is 1. The van der Waals surface area contributed by atoms with Crippen molar-refractivity contribution in [2.24, 2.45) is 5.92 Å². The molecule has 2 heterocycles. The van der Waals surface area contributed by atoms with Crippen molar-refractivity contribution < 1.29 is 17.1 Å². The Kier molecular flexibility index (Phi) is 5.20. The van der Waals surface area contributed by atoms with E-state index >= 15 is 0 Å². The molecule has 1 atom stereocenters. The van der Waals surface area contributed by atoms with E-state index in [1.54, 1.807) is 4.90 Å². The van der Waals surface area contributed by atoms with Crippen molar-refractivity contribution >= 4 is 21.8 Å². The molecule has 0 saturated carbocycles. The van der Waals surface area contributed by atoms with Crippen LogP contribution in [0.15, 0.2) is 24.3 Å². The lowest BCUT2D eigenvalue weighted by atomic mass is 10.1. The minimum Gasteiger partial charge on any atom is -0.312 e. The zero-order valence-corrected chi connectivity index (χ0v) is 14.5. The minimum absolute atomic E-state index is 0.0828. The van der Waals surface area contributed by atoms with E-state index in [9.17, 15) is 17.1 Å². The molecular weight excluding hydrogens is 331 g/mol. The number of rotatable bonds is 5. The number of amides is 1. The van der Waals surface area contributed by atoms with Gasteiger partial charge in [0.15, 0.2) is 0 Å². The maximum atomic E-state index is 12.9. The summed E-state index contributed by atoms with van der Waals surface area (Å²) in [5, 5.41) is 0. The van der Waals surface area contributed by atoms with Gasteiger partial charge in [-0.15, -0.1) is 3.89 Å². The predicted octanol–water partition coefficient (Wildman–Crippen LogP) is 2.32. The third-order valence-electron chi connectivity index (χ3n) is 4.72. The van der Waals surface area contributed by atoms with Crippen LogP contribution in [-0.2, 0) is 21.6 Å². The van der Waals surface area contributed by atoms with Crippen molar-refractivity contribution in [3.8, 4) is 0 Å². The Morgan fingerprint density at radius 3 is 2.62 bits per heavy atom. The second-order valence-corrected chi connectivity index (χ2v) is 8.20. The number of carbonyl (C=O) groups is 1. The SMILES string of the molecule is O=C1CC(CS(=O)(=O)F)CN1c1cccc(CN2CCCCC2)c1. The molecule has 2 saturated heterocycles. The van der Waals surface area contributed by atoms with Gasteiger partial charge < -0.3 is 4.90 Å². The van der Waals surface area contributed by atoms with E-state index in [0.717, 1.165) is 30.9 Å². The van der Waals surface area contributed by atoms with Gasteiger partial charge in [0, 0.05) is 31.1 Å². The smallest absolute Gasteiger partial charge is 0.302 e. The van der Waals surface area contributed by atoms with Crippen LogP contribution in [0.3, 0.4) is 0 Å². The summed E-state index contributed by atoms with van der Waals surface area (Å²) >= 11 is 0. The van der Waals surface area contributed by atoms with Gasteiger partial charge in [-0.2, -0.15) is 8.42 Å². The number of carbonyl (C=O) groups excluding carboxylic acids is 1. The zero-order chi connectivity index (χ0) is 17.2. The summed E-state index contributed by atoms with van der Waals surface area (Å²) in [4.78, 5) is 16.2. The lowest BCUT2D eigenvalue weighted by Gasteiger charge is -2.27. The Morgan fingerprint density at radius 2 is 1.92 bits per heavy atom. The number of nitrogens with zero attached hydrogens (tertiary/aromatic N) is 2. The van der Waals surface area contributed by atoms with Crippen molar-refractivity contribution in [1.29, 1.82) is 0 Å². The van der Waals surface area contributed by atoms with Crippen molar-refractivity contribution in [3.05, 3.63) is 29.8 Å². The predicted molar refractivity (Wildman–Crippen MR) is 90.9 cm³/mol. The lowest BCUT2D eigenvalue weighted by molar-refractivity contribution is -0.117. The Morgan fingerprint density at radius 1 is 1.17 bits per heavy atom. The maximum Gasteiger partial charge on any atom is 0.302 e. The molecule has 1 unspecified atom stereocenters. The average Bonchev–Trinajstić information content (AvgIpc) is 2.87. The molecule has 132 valence electrons. The highest BCUT2D eigenvalue weighted by Crippen LogP contribution is 2.27. The summed E-state index contributed by atoms with van der Waals surface area (Å²) in [7, 11) is -4.55. The second kappa shape index (κ2) is 7.19. The van der Waals surface area contributed by atoms with E-state index in [4.69, 9.17) is 0 Å². The standard InChI is InChI=1S/C17H23FN2O3S/c18-24(22,23)13-15-10-17(21)20(12-15)16-6-4-5-14(9-16)11-19-7-2-1-3-8-19/h4-6,9,15H,1-3,7-8,10-13H2. The summed E-state index contributed by atoms with van der Waals surface area (Å²) in [5.74, 6) is -1.19. The first-order valence-electron chi connectivity index (χ1n) is 8.45. The zero-order valence-electron chi connectivity index (χ0n) is 13.7. The summed E-state index contributed by atoms with van der Waals surface area (Å²) in [5.41, 5.74) is 1.91. The molecule has 0 N–H and O–H groups in total. The number of likely N-dealkylation sites (tertiary alicyclic amines) is 1. The highest BCUT2D eigenvalue weighted by Gasteiger charge is 2.33. The van der Waals surface area contributed by atoms with Crippen molar-refractivity contribution in [3.63, 3.8) is 0 Å². The fourth-order valence-corrected chi connectivity index (χ4v) is 4.41. The molecule has 0 aliphatic carbocycles. The van der Waals surface area contributed by atoms with E-state index < -0.39 is 21.9 Å². The monoisotopic (exact) mass is 354 g/mol. The molecule has 0 radical (unpaired) electrons. The lowest BCUT2D eigenvalue weighted by Crippen LogP contribution is -2.29. The molecular formula is C17H23FN2O3S. The minimum atomic E-state index is -4.55. The number of hydrogen-bond acceptors (Lipinski definition) is 4. The molecule has 1 aromatic rings. The van der Waals surface area contributed by atoms with E-state index in [1.165, 1.54) is 19.3 Å². The maximum absolute atomic E-state index is 12.9. The summed E-state index contributed by atoms with van der Waals surface area (Å²) in [6.45, 7) is 3.32. The fraction of sp³-hybridized carbons (Fsp3) is 0.588. The normalized spacial score (nSPS) is 23.0. The molecule has 1 aromatic carbocycles. The van der Waals surface area contributed by atoms with Gasteiger partial charge in [0.05, 0.1) is 5.75 Å². The molecule has 3 rings (SSSR count). The first kappa shape index (κ1) is 17.4. The molecule has 24 heavy (non-hydrogen) atoms. The average molecular weight is 354 g/mol. The van der Waals surface area contributed by atoms with Gasteiger partial charge in [-0.25, -0.2) is 0 Å². The molecule has 2 aliphatic heterocycles. The first-order chi connectivity index (χ1) is 11.4. The van der Waals surface area contributed by atoms with Crippen LogP contribution >= 0.6 is 0 Å². The highest BCUT2D eigenvalue weighted by atomic mass is 32.3. The third kappa shape index (κ3) is 4.54. The van der Waals surface area contributed by atoms with Gasteiger partial charge in [-0.05, 0) is 43.6 Å². The Hall–Kier alpha value is -1.47. The van der Waals surface area contributed by atoms with Gasteiger partial charge in [0.2, 0.25) is 5.91 Å². The molecule has 0 aromatic heterocycles. The van der Waals surface area contributed by atoms with Crippen molar-refractivity contribution in [2.45, 2.75) is 32.2 Å². The van der Waals surface area contributed by atoms with E-state index in [1.807, 2.05) is 24.3 Å². The largest absolute Gasteiger partial charge is 0.312 e. The van der Waals surface area contributed by atoms with Crippen LogP contribution in [-0.4, -0.2) is 44.6 Å². The van der Waals surface area contributed by atoms with Crippen LogP contribution in [0.25, 0.3) is 0 Å². The first-order valence-corrected chi connectivity index (χ1v) is 10.00. The van der Waals surface area contributed by atoms with E-state index in [2.05, 4.69) is 4.90 Å². The van der Waals surface area contributed by atoms with Crippen molar-refractivity contribution in [2.75, 3.05) is 30.3 Å². The van der Waals surface area contributed by atoms with Gasteiger partial charge in [0.1, 0.15) is 0 Å². The van der Waals surface area contributed by atoms with Gasteiger partial charge in [-0.1, -0.05) is 18.6 Å². The molecule has 2 aliphatic rings. The van der Waals surface area contributed by atoms with Crippen LogP contribution in [0.4, 0.5) is 9.57 Å². The van der Waals surface area contributed by atoms with Crippen LogP contribution in [0, 0.1) is 5.92 Å². The highest BCUT2D eigenvalue weighted by molar-refractivity contribution is 7.86. The third-order valence-corrected chi connectivity index (χ3v) is 5.59. The quantitative estimate of drug-likeness (QED) is 0.762. The summed E-state index contributed by atoms with van der Waals surface area (Å²) < 4.78 is 34.5. The molecule has 0 bridgehead atoms. The molecule has 1 amide bonds. The summed E-state index contributed by atoms with van der Waals surface area (Å²) in [6.07, 6.45) is 3.82. The topological polar surface area (TPSA) is 57.7 Å². The molecule has 0 spiro atoms. The number of benzene rings is 1. The Bertz CT molecular complexity index is 702. The van der Waals surface area contributed by atoms with Crippen LogP contribution in [0.5, 0.6) is 0 Å². The Labute approximate surface area is 142 Å². The molecule has 7 heteroatoms. The fourth-order valence-electron chi connectivity index (χ4n) is 3.62. The molecule has 5 nitrogen and oxygen atoms in total. The number of hydrogen-bond donors (Lipinski definition) is 0. The van der Waals surface area contributed by atoms with Crippen molar-refractivity contribution in [1.82, 2.24) is 4.90 Å². The number of piperidine rings is 1. The van der Waals surface area contributed by atoms with Crippen LogP contribution < -0.4 is 4.90 Å². The summed E-state index contributed by atoms with van der Waals surface area (Å²) in [6, 6.07) is 7.80. The second-order valence-electron chi connectivity index (χ2n) is 6.79. The van der Waals surface area contributed by atoms with Gasteiger partial charge in [-0.3, -0.25) is 9.69 Å². The van der Waals surface area contributed by atoms with Crippen LogP contribution in [0.2, 0.25) is 0 Å². The van der Waals surface area contributed by atoms with E-state index in [0.29, 0.717) is 0 Å². The number of anilines is 1.